The Labute approximate surface area is 166 Å². The number of aryl methyl sites for hydroxylation is 1. The summed E-state index contributed by atoms with van der Waals surface area (Å²) in [5, 5.41) is 7.12. The van der Waals surface area contributed by atoms with E-state index in [1.807, 2.05) is 35.0 Å². The normalized spacial score (nSPS) is 10.7. The standard InChI is InChI=1S/C19H21BrN4OS/c1-2-6-18-22-23-19(26)24(18)21-12-15-11-16(20)9-10-17(15)25-13-14-7-4-3-5-8-14/h3-5,7-11,21H,2,6,12-13H2,1H3,(H,23,26). The summed E-state index contributed by atoms with van der Waals surface area (Å²) in [5.74, 6) is 1.75. The van der Waals surface area contributed by atoms with Crippen LogP contribution in [-0.4, -0.2) is 14.9 Å². The molecule has 136 valence electrons. The minimum absolute atomic E-state index is 0.529. The van der Waals surface area contributed by atoms with Gasteiger partial charge in [-0.05, 0) is 42.4 Å². The van der Waals surface area contributed by atoms with Gasteiger partial charge in [-0.3, -0.25) is 5.10 Å². The van der Waals surface area contributed by atoms with Gasteiger partial charge in [0.15, 0.2) is 5.82 Å². The van der Waals surface area contributed by atoms with Crippen LogP contribution < -0.4 is 10.2 Å². The van der Waals surface area contributed by atoms with Crippen molar-refractivity contribution in [3.8, 4) is 5.75 Å². The van der Waals surface area contributed by atoms with Gasteiger partial charge in [0.1, 0.15) is 12.4 Å². The minimum atomic E-state index is 0.529. The number of nitrogens with one attached hydrogen (secondary N) is 2. The quantitative estimate of drug-likeness (QED) is 0.492. The maximum atomic E-state index is 6.04. The molecular weight excluding hydrogens is 412 g/mol. The Balaban J connectivity index is 1.74. The van der Waals surface area contributed by atoms with Crippen molar-refractivity contribution < 1.29 is 4.74 Å². The van der Waals surface area contributed by atoms with Crippen molar-refractivity contribution in [2.45, 2.75) is 32.9 Å². The van der Waals surface area contributed by atoms with Crippen molar-refractivity contribution in [2.24, 2.45) is 0 Å². The first-order valence-electron chi connectivity index (χ1n) is 8.52. The maximum Gasteiger partial charge on any atom is 0.214 e. The maximum absolute atomic E-state index is 6.04. The second kappa shape index (κ2) is 9.00. The molecule has 0 spiro atoms. The number of rotatable bonds is 8. The smallest absolute Gasteiger partial charge is 0.214 e. The van der Waals surface area contributed by atoms with Gasteiger partial charge in [0.05, 0.1) is 6.54 Å². The predicted molar refractivity (Wildman–Crippen MR) is 109 cm³/mol. The molecule has 0 aliphatic heterocycles. The minimum Gasteiger partial charge on any atom is -0.489 e. The van der Waals surface area contributed by atoms with Crippen LogP contribution in [0.2, 0.25) is 0 Å². The number of hydrogen-bond acceptors (Lipinski definition) is 4. The third-order valence-corrected chi connectivity index (χ3v) is 4.67. The van der Waals surface area contributed by atoms with Gasteiger partial charge in [-0.15, -0.1) is 0 Å². The Bertz CT molecular complexity index is 907. The zero-order valence-corrected chi connectivity index (χ0v) is 16.9. The number of benzene rings is 2. The molecule has 3 aromatic rings. The molecule has 1 aromatic heterocycles. The molecule has 0 unspecified atom stereocenters. The molecule has 26 heavy (non-hydrogen) atoms. The molecule has 0 saturated carbocycles. The molecule has 0 saturated heterocycles. The van der Waals surface area contributed by atoms with Gasteiger partial charge in [-0.2, -0.15) is 5.10 Å². The summed E-state index contributed by atoms with van der Waals surface area (Å²) in [6.45, 7) is 3.22. The van der Waals surface area contributed by atoms with Gasteiger partial charge < -0.3 is 10.2 Å². The zero-order chi connectivity index (χ0) is 18.4. The Morgan fingerprint density at radius 1 is 1.23 bits per heavy atom. The Morgan fingerprint density at radius 3 is 2.81 bits per heavy atom. The van der Waals surface area contributed by atoms with Gasteiger partial charge in [-0.1, -0.05) is 53.2 Å². The van der Waals surface area contributed by atoms with E-state index in [4.69, 9.17) is 17.0 Å². The fraction of sp³-hybridized carbons (Fsp3) is 0.263. The molecule has 0 bridgehead atoms. The molecule has 7 heteroatoms. The lowest BCUT2D eigenvalue weighted by atomic mass is 10.2. The predicted octanol–water partition coefficient (Wildman–Crippen LogP) is 4.98. The van der Waals surface area contributed by atoms with E-state index < -0.39 is 0 Å². The molecule has 3 rings (SSSR count). The summed E-state index contributed by atoms with van der Waals surface area (Å²) < 4.78 is 9.44. The Hall–Kier alpha value is -2.12. The molecule has 0 aliphatic rings. The van der Waals surface area contributed by atoms with Gasteiger partial charge in [0.25, 0.3) is 0 Å². The number of aromatic amines is 1. The second-order valence-corrected chi connectivity index (χ2v) is 7.19. The van der Waals surface area contributed by atoms with Crippen LogP contribution in [0.4, 0.5) is 0 Å². The van der Waals surface area contributed by atoms with Crippen LogP contribution in [0.25, 0.3) is 0 Å². The van der Waals surface area contributed by atoms with E-state index in [0.29, 0.717) is 17.9 Å². The van der Waals surface area contributed by atoms with E-state index >= 15 is 0 Å². The number of nitrogens with zero attached hydrogens (tertiary/aromatic N) is 2. The van der Waals surface area contributed by atoms with Gasteiger partial charge in [0.2, 0.25) is 4.77 Å². The summed E-state index contributed by atoms with van der Waals surface area (Å²) >= 11 is 8.85. The zero-order valence-electron chi connectivity index (χ0n) is 14.5. The largest absolute Gasteiger partial charge is 0.489 e. The number of H-pyrrole nitrogens is 1. The van der Waals surface area contributed by atoms with Crippen molar-refractivity contribution in [1.29, 1.82) is 0 Å². The average molecular weight is 433 g/mol. The third kappa shape index (κ3) is 4.74. The first-order chi connectivity index (χ1) is 12.7. The van der Waals surface area contributed by atoms with Crippen molar-refractivity contribution in [3.63, 3.8) is 0 Å². The summed E-state index contributed by atoms with van der Waals surface area (Å²) in [5.41, 5.74) is 5.52. The molecule has 1 heterocycles. The molecule has 0 aliphatic carbocycles. The van der Waals surface area contributed by atoms with Crippen molar-refractivity contribution in [3.05, 3.63) is 74.7 Å². The lowest BCUT2D eigenvalue weighted by Gasteiger charge is -2.15. The highest BCUT2D eigenvalue weighted by atomic mass is 79.9. The molecule has 2 N–H and O–H groups in total. The van der Waals surface area contributed by atoms with Crippen LogP contribution >= 0.6 is 28.1 Å². The van der Waals surface area contributed by atoms with Crippen LogP contribution in [0, 0.1) is 4.77 Å². The highest BCUT2D eigenvalue weighted by molar-refractivity contribution is 9.10. The number of ether oxygens (including phenoxy) is 1. The van der Waals surface area contributed by atoms with Gasteiger partial charge in [-0.25, -0.2) is 4.68 Å². The highest BCUT2D eigenvalue weighted by Gasteiger charge is 2.09. The monoisotopic (exact) mass is 432 g/mol. The SMILES string of the molecule is CCCc1n[nH]c(=S)n1NCc1cc(Br)ccc1OCc1ccccc1. The first kappa shape index (κ1) is 18.7. The van der Waals surface area contributed by atoms with Crippen molar-refractivity contribution in [2.75, 3.05) is 5.43 Å². The van der Waals surface area contributed by atoms with Crippen LogP contribution in [0.3, 0.4) is 0 Å². The molecule has 0 amide bonds. The molecule has 0 atom stereocenters. The lowest BCUT2D eigenvalue weighted by Crippen LogP contribution is -2.18. The summed E-state index contributed by atoms with van der Waals surface area (Å²) in [6, 6.07) is 16.1. The van der Waals surface area contributed by atoms with Crippen LogP contribution in [0.5, 0.6) is 5.75 Å². The number of aromatic nitrogens is 3. The highest BCUT2D eigenvalue weighted by Crippen LogP contribution is 2.24. The molecular formula is C19H21BrN4OS. The summed E-state index contributed by atoms with van der Waals surface area (Å²) in [6.07, 6.45) is 1.86. The fourth-order valence-corrected chi connectivity index (χ4v) is 3.23. The molecule has 5 nitrogen and oxygen atoms in total. The van der Waals surface area contributed by atoms with E-state index in [2.05, 4.69) is 56.7 Å². The third-order valence-electron chi connectivity index (χ3n) is 3.90. The van der Waals surface area contributed by atoms with Crippen LogP contribution in [-0.2, 0) is 19.6 Å². The van der Waals surface area contributed by atoms with Crippen molar-refractivity contribution >= 4 is 28.1 Å². The van der Waals surface area contributed by atoms with Crippen LogP contribution in [0.15, 0.2) is 53.0 Å². The van der Waals surface area contributed by atoms with Crippen molar-refractivity contribution in [1.82, 2.24) is 14.9 Å². The van der Waals surface area contributed by atoms with E-state index in [-0.39, 0.29) is 0 Å². The van der Waals surface area contributed by atoms with E-state index in [1.54, 1.807) is 0 Å². The summed E-state index contributed by atoms with van der Waals surface area (Å²) in [7, 11) is 0. The average Bonchev–Trinajstić information content (AvgIpc) is 3.00. The van der Waals surface area contributed by atoms with E-state index in [1.165, 1.54) is 0 Å². The van der Waals surface area contributed by atoms with E-state index in [0.717, 1.165) is 40.0 Å². The van der Waals surface area contributed by atoms with Gasteiger partial charge in [0, 0.05) is 16.5 Å². The number of hydrogen-bond donors (Lipinski definition) is 2. The Kier molecular flexibility index (Phi) is 6.46. The molecule has 0 radical (unpaired) electrons. The van der Waals surface area contributed by atoms with Gasteiger partial charge >= 0.3 is 0 Å². The van der Waals surface area contributed by atoms with Crippen LogP contribution in [0.1, 0.15) is 30.3 Å². The lowest BCUT2D eigenvalue weighted by molar-refractivity contribution is 0.303. The van der Waals surface area contributed by atoms with E-state index in [9.17, 15) is 0 Å². The number of halogens is 1. The first-order valence-corrected chi connectivity index (χ1v) is 9.73. The topological polar surface area (TPSA) is 54.9 Å². The molecule has 0 fully saturated rings. The fourth-order valence-electron chi connectivity index (χ4n) is 2.61. The summed E-state index contributed by atoms with van der Waals surface area (Å²) in [4.78, 5) is 0. The second-order valence-electron chi connectivity index (χ2n) is 5.89. The molecule has 2 aromatic carbocycles. The Morgan fingerprint density at radius 2 is 2.04 bits per heavy atom.